The Bertz CT molecular complexity index is 879. The lowest BCUT2D eigenvalue weighted by molar-refractivity contribution is -0.383. The summed E-state index contributed by atoms with van der Waals surface area (Å²) < 4.78 is 5.23. The lowest BCUT2D eigenvalue weighted by Crippen LogP contribution is -2.38. The van der Waals surface area contributed by atoms with E-state index < -0.39 is 17.0 Å². The molecular weight excluding hydrogens is 362 g/mol. The number of nitrogens with one attached hydrogen (secondary N) is 1. The first-order valence-electron chi connectivity index (χ1n) is 9.06. The van der Waals surface area contributed by atoms with E-state index >= 15 is 0 Å². The number of nitrogens with zero attached hydrogens (tertiary/aromatic N) is 2. The van der Waals surface area contributed by atoms with Gasteiger partial charge in [-0.05, 0) is 44.0 Å². The predicted octanol–water partition coefficient (Wildman–Crippen LogP) is 3.51. The van der Waals surface area contributed by atoms with Crippen molar-refractivity contribution in [2.75, 3.05) is 18.4 Å². The summed E-state index contributed by atoms with van der Waals surface area (Å²) in [6, 6.07) is 13.0. The van der Waals surface area contributed by atoms with Crippen molar-refractivity contribution in [1.29, 1.82) is 0 Å². The summed E-state index contributed by atoms with van der Waals surface area (Å²) in [4.78, 5) is 37.2. The molecule has 8 heteroatoms. The number of hydrogen-bond acceptors (Lipinski definition) is 6. The van der Waals surface area contributed by atoms with Gasteiger partial charge in [-0.25, -0.2) is 4.79 Å². The summed E-state index contributed by atoms with van der Waals surface area (Å²) >= 11 is 0. The van der Waals surface area contributed by atoms with E-state index in [1.54, 1.807) is 29.2 Å². The lowest BCUT2D eigenvalue weighted by Gasteiger charge is -2.20. The first-order chi connectivity index (χ1) is 13.5. The van der Waals surface area contributed by atoms with Crippen molar-refractivity contribution in [1.82, 2.24) is 4.90 Å². The average molecular weight is 383 g/mol. The molecule has 28 heavy (non-hydrogen) atoms. The van der Waals surface area contributed by atoms with Crippen molar-refractivity contribution < 1.29 is 19.2 Å². The summed E-state index contributed by atoms with van der Waals surface area (Å²) in [6.45, 7) is 2.83. The van der Waals surface area contributed by atoms with Gasteiger partial charge in [-0.3, -0.25) is 14.9 Å². The van der Waals surface area contributed by atoms with Crippen LogP contribution in [-0.4, -0.2) is 40.9 Å². The number of para-hydroxylation sites is 1. The Morgan fingerprint density at radius 1 is 1.14 bits per heavy atom. The Kier molecular flexibility index (Phi) is 5.88. The van der Waals surface area contributed by atoms with Crippen LogP contribution in [0.2, 0.25) is 0 Å². The number of nitro benzene ring substituents is 1. The summed E-state index contributed by atoms with van der Waals surface area (Å²) in [5, 5.41) is 14.4. The van der Waals surface area contributed by atoms with E-state index in [4.69, 9.17) is 4.74 Å². The molecule has 1 aliphatic rings. The zero-order valence-corrected chi connectivity index (χ0v) is 15.5. The summed E-state index contributed by atoms with van der Waals surface area (Å²) in [5.41, 5.74) is 0.711. The van der Waals surface area contributed by atoms with Gasteiger partial charge in [-0.15, -0.1) is 0 Å². The number of benzene rings is 2. The highest BCUT2D eigenvalue weighted by atomic mass is 16.6. The van der Waals surface area contributed by atoms with Crippen LogP contribution in [0.25, 0.3) is 0 Å². The maximum Gasteiger partial charge on any atom is 0.339 e. The molecule has 1 N–H and O–H groups in total. The van der Waals surface area contributed by atoms with Crippen LogP contribution in [0.3, 0.4) is 0 Å². The van der Waals surface area contributed by atoms with E-state index in [0.29, 0.717) is 18.8 Å². The Labute approximate surface area is 162 Å². The molecule has 0 spiro atoms. The topological polar surface area (TPSA) is 102 Å². The lowest BCUT2D eigenvalue weighted by atomic mass is 10.1. The fourth-order valence-corrected chi connectivity index (χ4v) is 3.07. The maximum atomic E-state index is 12.4. The minimum Gasteiger partial charge on any atom is -0.449 e. The number of ether oxygens (including phenoxy) is 1. The number of likely N-dealkylation sites (tertiary alicyclic amines) is 1. The summed E-state index contributed by atoms with van der Waals surface area (Å²) in [7, 11) is 0. The van der Waals surface area contributed by atoms with E-state index in [1.807, 2.05) is 6.07 Å². The second-order valence-electron chi connectivity index (χ2n) is 6.56. The zero-order chi connectivity index (χ0) is 20.1. The number of anilines is 2. The Hall–Kier alpha value is -3.42. The molecule has 1 fully saturated rings. The first kappa shape index (κ1) is 19.3. The molecule has 0 bridgehead atoms. The second-order valence-corrected chi connectivity index (χ2v) is 6.56. The van der Waals surface area contributed by atoms with Gasteiger partial charge in [-0.2, -0.15) is 0 Å². The SMILES string of the molecule is CC(OC(=O)c1ccc(Nc2ccccc2)c([N+](=O)[O-])c1)C(=O)N1CCCC1. The van der Waals surface area contributed by atoms with Crippen LogP contribution in [0.1, 0.15) is 30.1 Å². The molecule has 0 radical (unpaired) electrons. The Balaban J connectivity index is 1.74. The van der Waals surface area contributed by atoms with Crippen LogP contribution in [-0.2, 0) is 9.53 Å². The number of esters is 1. The number of nitro groups is 1. The van der Waals surface area contributed by atoms with Gasteiger partial charge in [0.1, 0.15) is 5.69 Å². The number of hydrogen-bond donors (Lipinski definition) is 1. The quantitative estimate of drug-likeness (QED) is 0.465. The molecule has 0 saturated carbocycles. The highest BCUT2D eigenvalue weighted by Gasteiger charge is 2.27. The van der Waals surface area contributed by atoms with Gasteiger partial charge in [0.2, 0.25) is 0 Å². The maximum absolute atomic E-state index is 12.4. The largest absolute Gasteiger partial charge is 0.449 e. The molecule has 1 atom stereocenters. The van der Waals surface area contributed by atoms with Gasteiger partial charge in [0.15, 0.2) is 6.10 Å². The highest BCUT2D eigenvalue weighted by molar-refractivity contribution is 5.94. The van der Waals surface area contributed by atoms with Gasteiger partial charge in [-0.1, -0.05) is 18.2 Å². The van der Waals surface area contributed by atoms with E-state index in [-0.39, 0.29) is 22.8 Å². The average Bonchev–Trinajstić information content (AvgIpc) is 3.23. The Morgan fingerprint density at radius 2 is 1.82 bits per heavy atom. The predicted molar refractivity (Wildman–Crippen MR) is 104 cm³/mol. The Morgan fingerprint density at radius 3 is 2.46 bits per heavy atom. The van der Waals surface area contributed by atoms with E-state index in [0.717, 1.165) is 18.9 Å². The second kappa shape index (κ2) is 8.51. The highest BCUT2D eigenvalue weighted by Crippen LogP contribution is 2.29. The van der Waals surface area contributed by atoms with Crippen LogP contribution in [0.15, 0.2) is 48.5 Å². The molecule has 0 aromatic heterocycles. The van der Waals surface area contributed by atoms with Crippen molar-refractivity contribution >= 4 is 28.9 Å². The van der Waals surface area contributed by atoms with E-state index in [9.17, 15) is 19.7 Å². The summed E-state index contributed by atoms with van der Waals surface area (Å²) in [5.74, 6) is -1.02. The van der Waals surface area contributed by atoms with Gasteiger partial charge < -0.3 is 15.0 Å². The van der Waals surface area contributed by atoms with Gasteiger partial charge in [0.05, 0.1) is 10.5 Å². The smallest absolute Gasteiger partial charge is 0.339 e. The minimum absolute atomic E-state index is 0.0198. The molecule has 8 nitrogen and oxygen atoms in total. The summed E-state index contributed by atoms with van der Waals surface area (Å²) in [6.07, 6.45) is 0.940. The molecular formula is C20H21N3O5. The first-order valence-corrected chi connectivity index (χ1v) is 9.06. The van der Waals surface area contributed by atoms with Crippen LogP contribution in [0.5, 0.6) is 0 Å². The van der Waals surface area contributed by atoms with E-state index in [2.05, 4.69) is 5.32 Å². The number of carbonyl (C=O) groups is 2. The van der Waals surface area contributed by atoms with Crippen molar-refractivity contribution in [2.45, 2.75) is 25.9 Å². The molecule has 2 aromatic carbocycles. The standard InChI is InChI=1S/C20H21N3O5/c1-14(19(24)22-11-5-6-12-22)28-20(25)15-9-10-17(18(13-15)23(26)27)21-16-7-3-2-4-8-16/h2-4,7-10,13-14,21H,5-6,11-12H2,1H3. The third-order valence-corrected chi connectivity index (χ3v) is 4.53. The molecule has 2 aromatic rings. The molecule has 1 amide bonds. The fraction of sp³-hybridized carbons (Fsp3) is 0.300. The van der Waals surface area contributed by atoms with E-state index in [1.165, 1.54) is 19.1 Å². The molecule has 3 rings (SSSR count). The van der Waals surface area contributed by atoms with Crippen LogP contribution in [0, 0.1) is 10.1 Å². The number of rotatable bonds is 6. The monoisotopic (exact) mass is 383 g/mol. The van der Waals surface area contributed by atoms with Gasteiger partial charge in [0.25, 0.3) is 11.6 Å². The van der Waals surface area contributed by atoms with Gasteiger partial charge in [0, 0.05) is 24.8 Å². The van der Waals surface area contributed by atoms with Crippen molar-refractivity contribution in [3.05, 3.63) is 64.2 Å². The van der Waals surface area contributed by atoms with Crippen LogP contribution in [0.4, 0.5) is 17.1 Å². The number of amides is 1. The zero-order valence-electron chi connectivity index (χ0n) is 15.5. The third kappa shape index (κ3) is 4.46. The fourth-order valence-electron chi connectivity index (χ4n) is 3.07. The van der Waals surface area contributed by atoms with Crippen LogP contribution >= 0.6 is 0 Å². The van der Waals surface area contributed by atoms with Crippen molar-refractivity contribution in [3.63, 3.8) is 0 Å². The van der Waals surface area contributed by atoms with Gasteiger partial charge >= 0.3 is 5.97 Å². The van der Waals surface area contributed by atoms with Crippen molar-refractivity contribution in [2.24, 2.45) is 0 Å². The normalized spacial score (nSPS) is 14.4. The third-order valence-electron chi connectivity index (χ3n) is 4.53. The molecule has 0 aliphatic carbocycles. The van der Waals surface area contributed by atoms with Crippen molar-refractivity contribution in [3.8, 4) is 0 Å². The molecule has 1 heterocycles. The van der Waals surface area contributed by atoms with Crippen LogP contribution < -0.4 is 5.32 Å². The minimum atomic E-state index is -0.938. The molecule has 1 unspecified atom stereocenters. The number of carbonyl (C=O) groups excluding carboxylic acids is 2. The molecule has 1 aliphatic heterocycles. The molecule has 146 valence electrons. The molecule has 1 saturated heterocycles.